The van der Waals surface area contributed by atoms with Gasteiger partial charge in [-0.15, -0.1) is 10.2 Å². The van der Waals surface area contributed by atoms with Gasteiger partial charge in [-0.2, -0.15) is 0 Å². The third kappa shape index (κ3) is 4.97. The van der Waals surface area contributed by atoms with Gasteiger partial charge in [0.25, 0.3) is 0 Å². The van der Waals surface area contributed by atoms with Crippen LogP contribution in [-0.4, -0.2) is 47.4 Å². The summed E-state index contributed by atoms with van der Waals surface area (Å²) < 4.78 is 0.708. The summed E-state index contributed by atoms with van der Waals surface area (Å²) in [6, 6.07) is 10.3. The molecule has 0 radical (unpaired) electrons. The van der Waals surface area contributed by atoms with Crippen LogP contribution in [0.3, 0.4) is 0 Å². The third-order valence-corrected chi connectivity index (χ3v) is 4.93. The Morgan fingerprint density at radius 3 is 2.68 bits per heavy atom. The van der Waals surface area contributed by atoms with Crippen LogP contribution in [0.1, 0.15) is 11.6 Å². The number of nitrogens with zero attached hydrogens (tertiary/aromatic N) is 3. The van der Waals surface area contributed by atoms with Crippen LogP contribution < -0.4 is 11.1 Å². The molecule has 6 nitrogen and oxygen atoms in total. The van der Waals surface area contributed by atoms with Crippen LogP contribution in [-0.2, 0) is 4.79 Å². The summed E-state index contributed by atoms with van der Waals surface area (Å²) in [6.07, 6.45) is 0. The van der Waals surface area contributed by atoms with Crippen molar-refractivity contribution in [2.45, 2.75) is 10.4 Å². The number of hydrogen-bond acceptors (Lipinski definition) is 7. The molecule has 22 heavy (non-hydrogen) atoms. The van der Waals surface area contributed by atoms with Gasteiger partial charge < -0.3 is 16.0 Å². The van der Waals surface area contributed by atoms with Crippen molar-refractivity contribution in [1.82, 2.24) is 20.4 Å². The van der Waals surface area contributed by atoms with E-state index >= 15 is 0 Å². The molecule has 1 amide bonds. The molecule has 0 saturated carbocycles. The highest BCUT2D eigenvalue weighted by molar-refractivity contribution is 8.01. The number of nitrogens with two attached hydrogens (primary N) is 1. The second kappa shape index (κ2) is 8.11. The first-order valence-electron chi connectivity index (χ1n) is 6.76. The Morgan fingerprint density at radius 2 is 2.09 bits per heavy atom. The number of hydrogen-bond donors (Lipinski definition) is 2. The molecule has 2 aromatic rings. The van der Waals surface area contributed by atoms with Crippen LogP contribution in [0.5, 0.6) is 0 Å². The summed E-state index contributed by atoms with van der Waals surface area (Å²) in [4.78, 5) is 14.0. The number of amides is 1. The number of likely N-dealkylation sites (N-methyl/N-ethyl adjacent to an activating group) is 1. The van der Waals surface area contributed by atoms with Crippen molar-refractivity contribution in [3.05, 3.63) is 35.9 Å². The van der Waals surface area contributed by atoms with E-state index in [1.54, 1.807) is 0 Å². The molecule has 8 heteroatoms. The van der Waals surface area contributed by atoms with Gasteiger partial charge in [-0.05, 0) is 19.7 Å². The first-order valence-corrected chi connectivity index (χ1v) is 8.56. The van der Waals surface area contributed by atoms with Gasteiger partial charge in [-0.1, -0.05) is 53.4 Å². The molecule has 0 aliphatic heterocycles. The van der Waals surface area contributed by atoms with Crippen molar-refractivity contribution in [1.29, 1.82) is 0 Å². The monoisotopic (exact) mass is 337 g/mol. The average Bonchev–Trinajstić information content (AvgIpc) is 2.92. The Kier molecular flexibility index (Phi) is 6.17. The molecule has 0 spiro atoms. The molecular weight excluding hydrogens is 318 g/mol. The number of thioether (sulfide) groups is 1. The van der Waals surface area contributed by atoms with Crippen molar-refractivity contribution < 1.29 is 4.79 Å². The van der Waals surface area contributed by atoms with Gasteiger partial charge in [0.2, 0.25) is 11.0 Å². The minimum absolute atomic E-state index is 0.0263. The molecule has 0 fully saturated rings. The van der Waals surface area contributed by atoms with Crippen molar-refractivity contribution >= 4 is 34.1 Å². The largest absolute Gasteiger partial charge is 0.374 e. The van der Waals surface area contributed by atoms with Gasteiger partial charge in [-0.25, -0.2) is 0 Å². The topological polar surface area (TPSA) is 84.1 Å². The zero-order valence-corrected chi connectivity index (χ0v) is 14.2. The van der Waals surface area contributed by atoms with Crippen molar-refractivity contribution in [2.24, 2.45) is 0 Å². The Bertz CT molecular complexity index is 602. The standard InChI is InChI=1S/C14H19N5OS2/c1-19(2)11(10-6-4-3-5-7-10)8-16-12(20)9-21-14-18-17-13(15)22-14/h3-7,11H,8-9H2,1-2H3,(H2,15,17)(H,16,20)/t11-/m1/s1. The lowest BCUT2D eigenvalue weighted by Crippen LogP contribution is -2.35. The van der Waals surface area contributed by atoms with Crippen molar-refractivity contribution in [3.8, 4) is 0 Å². The van der Waals surface area contributed by atoms with Gasteiger partial charge >= 0.3 is 0 Å². The lowest BCUT2D eigenvalue weighted by molar-refractivity contribution is -0.118. The minimum Gasteiger partial charge on any atom is -0.374 e. The maximum Gasteiger partial charge on any atom is 0.230 e. The van der Waals surface area contributed by atoms with Gasteiger partial charge in [0.15, 0.2) is 4.34 Å². The molecule has 2 rings (SSSR count). The predicted molar refractivity (Wildman–Crippen MR) is 90.9 cm³/mol. The number of carbonyl (C=O) groups is 1. The summed E-state index contributed by atoms with van der Waals surface area (Å²) in [5, 5.41) is 11.0. The molecule has 0 bridgehead atoms. The molecule has 1 heterocycles. The highest BCUT2D eigenvalue weighted by Crippen LogP contribution is 2.23. The van der Waals surface area contributed by atoms with Crippen LogP contribution in [0, 0.1) is 0 Å². The molecule has 118 valence electrons. The van der Waals surface area contributed by atoms with E-state index in [9.17, 15) is 4.79 Å². The second-order valence-corrected chi connectivity index (χ2v) is 7.12. The molecule has 0 aliphatic carbocycles. The fourth-order valence-electron chi connectivity index (χ4n) is 1.94. The number of nitrogen functional groups attached to an aromatic ring is 1. The predicted octanol–water partition coefficient (Wildman–Crippen LogP) is 1.63. The quantitative estimate of drug-likeness (QED) is 0.747. The fourth-order valence-corrected chi connectivity index (χ4v) is 3.41. The summed E-state index contributed by atoms with van der Waals surface area (Å²) in [7, 11) is 4.01. The van der Waals surface area contributed by atoms with Crippen LogP contribution >= 0.6 is 23.1 Å². The summed E-state index contributed by atoms with van der Waals surface area (Å²) in [5.41, 5.74) is 6.68. The average molecular weight is 337 g/mol. The minimum atomic E-state index is -0.0263. The fraction of sp³-hybridized carbons (Fsp3) is 0.357. The van der Waals surface area contributed by atoms with Crippen molar-refractivity contribution in [3.63, 3.8) is 0 Å². The number of rotatable bonds is 7. The Morgan fingerprint density at radius 1 is 1.36 bits per heavy atom. The van der Waals surface area contributed by atoms with Gasteiger partial charge in [-0.3, -0.25) is 4.79 Å². The van der Waals surface area contributed by atoms with Crippen LogP contribution in [0.15, 0.2) is 34.7 Å². The van der Waals surface area contributed by atoms with E-state index in [0.29, 0.717) is 21.8 Å². The highest BCUT2D eigenvalue weighted by atomic mass is 32.2. The Balaban J connectivity index is 1.83. The van der Waals surface area contributed by atoms with E-state index in [2.05, 4.69) is 32.5 Å². The third-order valence-electron chi connectivity index (χ3n) is 3.05. The van der Waals surface area contributed by atoms with E-state index in [4.69, 9.17) is 5.73 Å². The Hall–Kier alpha value is -1.64. The highest BCUT2D eigenvalue weighted by Gasteiger charge is 2.15. The zero-order valence-electron chi connectivity index (χ0n) is 12.5. The second-order valence-electron chi connectivity index (χ2n) is 4.89. The molecule has 1 aromatic carbocycles. The SMILES string of the molecule is CN(C)[C@H](CNC(=O)CSc1nnc(N)s1)c1ccccc1. The van der Waals surface area contributed by atoms with Crippen LogP contribution in [0.25, 0.3) is 0 Å². The van der Waals surface area contributed by atoms with E-state index in [1.165, 1.54) is 28.7 Å². The lowest BCUT2D eigenvalue weighted by atomic mass is 10.1. The van der Waals surface area contributed by atoms with E-state index < -0.39 is 0 Å². The summed E-state index contributed by atoms with van der Waals surface area (Å²) in [6.45, 7) is 0.564. The van der Waals surface area contributed by atoms with E-state index in [0.717, 1.165) is 0 Å². The molecule has 3 N–H and O–H groups in total. The number of aromatic nitrogens is 2. The first kappa shape index (κ1) is 16.7. The summed E-state index contributed by atoms with van der Waals surface area (Å²) in [5.74, 6) is 0.283. The smallest absolute Gasteiger partial charge is 0.230 e. The maximum atomic E-state index is 12.0. The summed E-state index contributed by atoms with van der Waals surface area (Å²) >= 11 is 2.63. The maximum absolute atomic E-state index is 12.0. The zero-order chi connectivity index (χ0) is 15.9. The van der Waals surface area contributed by atoms with Crippen LogP contribution in [0.2, 0.25) is 0 Å². The lowest BCUT2D eigenvalue weighted by Gasteiger charge is -2.25. The number of anilines is 1. The molecular formula is C14H19N5OS2. The van der Waals surface area contributed by atoms with E-state index in [-0.39, 0.29) is 11.9 Å². The molecule has 0 aliphatic rings. The van der Waals surface area contributed by atoms with Gasteiger partial charge in [0, 0.05) is 6.54 Å². The number of carbonyl (C=O) groups excluding carboxylic acids is 1. The van der Waals surface area contributed by atoms with Gasteiger partial charge in [0.1, 0.15) is 0 Å². The molecule has 0 unspecified atom stereocenters. The van der Waals surface area contributed by atoms with Gasteiger partial charge in [0.05, 0.1) is 11.8 Å². The number of benzene rings is 1. The van der Waals surface area contributed by atoms with Crippen LogP contribution in [0.4, 0.5) is 5.13 Å². The normalized spacial score (nSPS) is 12.3. The first-order chi connectivity index (χ1) is 10.6. The van der Waals surface area contributed by atoms with Crippen molar-refractivity contribution in [2.75, 3.05) is 32.1 Å². The Labute approximate surface area is 138 Å². The molecule has 0 saturated heterocycles. The van der Waals surface area contributed by atoms with E-state index in [1.807, 2.05) is 32.3 Å². The number of nitrogens with one attached hydrogen (secondary N) is 1. The molecule has 1 atom stereocenters. The molecule has 1 aromatic heterocycles.